The zero-order valence-electron chi connectivity index (χ0n) is 7.22. The van der Waals surface area contributed by atoms with Gasteiger partial charge in [-0.2, -0.15) is 0 Å². The molecule has 58 valence electrons. The Bertz CT molecular complexity index is 149. The van der Waals surface area contributed by atoms with Gasteiger partial charge in [0.15, 0.2) is 0 Å². The molecule has 2 fully saturated rings. The average molecular weight is 139 g/mol. The topological polar surface area (TPSA) is 3.24 Å². The summed E-state index contributed by atoms with van der Waals surface area (Å²) in [6.07, 6.45) is 2.93. The second-order valence-electron chi connectivity index (χ2n) is 4.26. The van der Waals surface area contributed by atoms with Gasteiger partial charge < -0.3 is 4.90 Å². The molecule has 1 saturated carbocycles. The van der Waals surface area contributed by atoms with E-state index in [1.807, 2.05) is 0 Å². The van der Waals surface area contributed by atoms with Crippen LogP contribution in [-0.2, 0) is 0 Å². The molecule has 1 nitrogen and oxygen atoms in total. The maximum atomic E-state index is 2.57. The molecule has 1 aliphatic heterocycles. The van der Waals surface area contributed by atoms with Crippen LogP contribution in [0.5, 0.6) is 0 Å². The van der Waals surface area contributed by atoms with E-state index in [1.165, 1.54) is 19.4 Å². The highest BCUT2D eigenvalue weighted by atomic mass is 15.3. The van der Waals surface area contributed by atoms with Crippen molar-refractivity contribution in [2.75, 3.05) is 13.6 Å². The molecule has 2 atom stereocenters. The molecule has 1 heteroatoms. The molecule has 0 spiro atoms. The van der Waals surface area contributed by atoms with Crippen molar-refractivity contribution >= 4 is 0 Å². The Morgan fingerprint density at radius 3 is 2.40 bits per heavy atom. The highest BCUT2D eigenvalue weighted by Crippen LogP contribution is 2.58. The van der Waals surface area contributed by atoms with Crippen molar-refractivity contribution in [3.05, 3.63) is 0 Å². The Labute approximate surface area is 63.4 Å². The molecule has 0 radical (unpaired) electrons. The van der Waals surface area contributed by atoms with Crippen molar-refractivity contribution in [3.63, 3.8) is 0 Å². The third-order valence-electron chi connectivity index (χ3n) is 3.64. The quantitative estimate of drug-likeness (QED) is 0.535. The van der Waals surface area contributed by atoms with E-state index in [-0.39, 0.29) is 0 Å². The molecule has 2 unspecified atom stereocenters. The van der Waals surface area contributed by atoms with Gasteiger partial charge in [0.25, 0.3) is 0 Å². The lowest BCUT2D eigenvalue weighted by molar-refractivity contribution is 0.201. The molecular weight excluding hydrogens is 122 g/mol. The van der Waals surface area contributed by atoms with Gasteiger partial charge in [-0.3, -0.25) is 0 Å². The first-order chi connectivity index (χ1) is 4.68. The van der Waals surface area contributed by atoms with E-state index in [0.717, 1.165) is 11.8 Å². The minimum atomic E-state index is 0.653. The van der Waals surface area contributed by atoms with E-state index < -0.39 is 0 Å². The molecule has 0 amide bonds. The standard InChI is InChI=1S/C9H17N/c1-7(2)9-6-8(9)4-5-10(9)3/h7-8H,4-6H2,1-3H3. The molecule has 0 aromatic heterocycles. The first-order valence-corrected chi connectivity index (χ1v) is 4.39. The van der Waals surface area contributed by atoms with Crippen LogP contribution in [0.4, 0.5) is 0 Å². The Morgan fingerprint density at radius 2 is 2.20 bits per heavy atom. The lowest BCUT2D eigenvalue weighted by atomic mass is 10.00. The highest BCUT2D eigenvalue weighted by Gasteiger charge is 2.61. The molecule has 0 aromatic carbocycles. The second-order valence-corrected chi connectivity index (χ2v) is 4.26. The van der Waals surface area contributed by atoms with Crippen LogP contribution in [0.25, 0.3) is 0 Å². The van der Waals surface area contributed by atoms with Gasteiger partial charge in [-0.15, -0.1) is 0 Å². The van der Waals surface area contributed by atoms with Gasteiger partial charge in [0.2, 0.25) is 0 Å². The third-order valence-corrected chi connectivity index (χ3v) is 3.64. The summed E-state index contributed by atoms with van der Waals surface area (Å²) in [4.78, 5) is 2.57. The predicted molar refractivity (Wildman–Crippen MR) is 42.9 cm³/mol. The number of nitrogens with zero attached hydrogens (tertiary/aromatic N) is 1. The zero-order chi connectivity index (χ0) is 7.35. The van der Waals surface area contributed by atoms with E-state index >= 15 is 0 Å². The molecule has 1 heterocycles. The number of hydrogen-bond acceptors (Lipinski definition) is 1. The summed E-state index contributed by atoms with van der Waals surface area (Å²) in [5, 5.41) is 0. The number of fused-ring (bicyclic) bond motifs is 1. The van der Waals surface area contributed by atoms with Crippen molar-refractivity contribution in [2.24, 2.45) is 11.8 Å². The number of piperidine rings is 1. The van der Waals surface area contributed by atoms with Gasteiger partial charge in [0, 0.05) is 5.54 Å². The second kappa shape index (κ2) is 1.76. The predicted octanol–water partition coefficient (Wildman–Crippen LogP) is 1.74. The van der Waals surface area contributed by atoms with E-state index in [2.05, 4.69) is 25.8 Å². The van der Waals surface area contributed by atoms with Crippen LogP contribution in [0.2, 0.25) is 0 Å². The van der Waals surface area contributed by atoms with Crippen LogP contribution in [0.1, 0.15) is 26.7 Å². The fourth-order valence-electron chi connectivity index (χ4n) is 2.86. The SMILES string of the molecule is CC(C)C12CC1CCN2C. The Hall–Kier alpha value is -0.0400. The van der Waals surface area contributed by atoms with Crippen molar-refractivity contribution < 1.29 is 0 Å². The van der Waals surface area contributed by atoms with Crippen LogP contribution in [-0.4, -0.2) is 24.0 Å². The van der Waals surface area contributed by atoms with Crippen LogP contribution >= 0.6 is 0 Å². The fourth-order valence-corrected chi connectivity index (χ4v) is 2.86. The number of rotatable bonds is 1. The maximum absolute atomic E-state index is 2.57. The smallest absolute Gasteiger partial charge is 0.0262 e. The van der Waals surface area contributed by atoms with Gasteiger partial charge in [-0.25, -0.2) is 0 Å². The summed E-state index contributed by atoms with van der Waals surface area (Å²) < 4.78 is 0. The summed E-state index contributed by atoms with van der Waals surface area (Å²) in [5.74, 6) is 1.92. The monoisotopic (exact) mass is 139 g/mol. The summed E-state index contributed by atoms with van der Waals surface area (Å²) >= 11 is 0. The van der Waals surface area contributed by atoms with Crippen LogP contribution in [0.15, 0.2) is 0 Å². The first-order valence-electron chi connectivity index (χ1n) is 4.39. The summed E-state index contributed by atoms with van der Waals surface area (Å²) in [6.45, 7) is 6.06. The minimum absolute atomic E-state index is 0.653. The first kappa shape index (κ1) is 6.66. The molecule has 1 aliphatic carbocycles. The van der Waals surface area contributed by atoms with Gasteiger partial charge in [0.05, 0.1) is 0 Å². The van der Waals surface area contributed by atoms with E-state index in [1.54, 1.807) is 0 Å². The molecule has 2 rings (SSSR count). The highest BCUT2D eigenvalue weighted by molar-refractivity contribution is 5.16. The van der Waals surface area contributed by atoms with Crippen molar-refractivity contribution in [2.45, 2.75) is 32.2 Å². The Kier molecular flexibility index (Phi) is 1.17. The van der Waals surface area contributed by atoms with Crippen LogP contribution in [0.3, 0.4) is 0 Å². The molecule has 1 saturated heterocycles. The van der Waals surface area contributed by atoms with Gasteiger partial charge in [0.1, 0.15) is 0 Å². The lowest BCUT2D eigenvalue weighted by Gasteiger charge is -2.27. The molecular formula is C9H17N. The van der Waals surface area contributed by atoms with Crippen molar-refractivity contribution in [3.8, 4) is 0 Å². The maximum Gasteiger partial charge on any atom is 0.0262 e. The molecule has 10 heavy (non-hydrogen) atoms. The van der Waals surface area contributed by atoms with Gasteiger partial charge in [-0.05, 0) is 38.3 Å². The molecule has 0 aromatic rings. The Morgan fingerprint density at radius 1 is 1.50 bits per heavy atom. The summed E-state index contributed by atoms with van der Waals surface area (Å²) in [6, 6.07) is 0. The normalized spacial score (nSPS) is 46.2. The number of hydrogen-bond donors (Lipinski definition) is 0. The largest absolute Gasteiger partial charge is 0.300 e. The lowest BCUT2D eigenvalue weighted by Crippen LogP contribution is -2.35. The minimum Gasteiger partial charge on any atom is -0.300 e. The van der Waals surface area contributed by atoms with Gasteiger partial charge in [-0.1, -0.05) is 13.8 Å². The Balaban J connectivity index is 2.17. The summed E-state index contributed by atoms with van der Waals surface area (Å²) in [7, 11) is 2.28. The molecule has 0 bridgehead atoms. The van der Waals surface area contributed by atoms with E-state index in [0.29, 0.717) is 5.54 Å². The zero-order valence-corrected chi connectivity index (χ0v) is 7.22. The third kappa shape index (κ3) is 0.572. The van der Waals surface area contributed by atoms with Crippen molar-refractivity contribution in [1.29, 1.82) is 0 Å². The fraction of sp³-hybridized carbons (Fsp3) is 1.00. The summed E-state index contributed by atoms with van der Waals surface area (Å²) in [5.41, 5.74) is 0.653. The number of likely N-dealkylation sites (tertiary alicyclic amines) is 1. The molecule has 2 aliphatic rings. The van der Waals surface area contributed by atoms with Crippen LogP contribution < -0.4 is 0 Å². The van der Waals surface area contributed by atoms with Crippen LogP contribution in [0, 0.1) is 11.8 Å². The molecule has 0 N–H and O–H groups in total. The average Bonchev–Trinajstić information content (AvgIpc) is 2.52. The van der Waals surface area contributed by atoms with Crippen molar-refractivity contribution in [1.82, 2.24) is 4.90 Å². The van der Waals surface area contributed by atoms with E-state index in [4.69, 9.17) is 0 Å². The van der Waals surface area contributed by atoms with E-state index in [9.17, 15) is 0 Å². The van der Waals surface area contributed by atoms with Gasteiger partial charge >= 0.3 is 0 Å².